The van der Waals surface area contributed by atoms with Gasteiger partial charge < -0.3 is 15.0 Å². The first-order chi connectivity index (χ1) is 14.7. The summed E-state index contributed by atoms with van der Waals surface area (Å²) in [6, 6.07) is 5.74. The van der Waals surface area contributed by atoms with Gasteiger partial charge in [-0.1, -0.05) is 35.5 Å². The SMILES string of the molecule is CC(CO)Nc1cc(NS(=O)(=O)c2cn(C)cn2)nc(SCc2cccc(Cl)c2F)n1. The van der Waals surface area contributed by atoms with Crippen LogP contribution >= 0.6 is 23.4 Å². The van der Waals surface area contributed by atoms with Gasteiger partial charge in [0.2, 0.25) is 0 Å². The van der Waals surface area contributed by atoms with Crippen LogP contribution in [0.5, 0.6) is 0 Å². The van der Waals surface area contributed by atoms with Crippen LogP contribution in [0, 0.1) is 5.82 Å². The van der Waals surface area contributed by atoms with Crippen molar-refractivity contribution in [3.05, 3.63) is 53.2 Å². The maximum Gasteiger partial charge on any atom is 0.282 e. The maximum atomic E-state index is 14.2. The maximum absolute atomic E-state index is 14.2. The first-order valence-corrected chi connectivity index (χ1v) is 11.9. The van der Waals surface area contributed by atoms with E-state index in [2.05, 4.69) is 25.0 Å². The Morgan fingerprint density at radius 1 is 1.32 bits per heavy atom. The lowest BCUT2D eigenvalue weighted by molar-refractivity contribution is 0.281. The second-order valence-electron chi connectivity index (χ2n) is 6.63. The van der Waals surface area contributed by atoms with Gasteiger partial charge in [-0.15, -0.1) is 0 Å². The quantitative estimate of drug-likeness (QED) is 0.312. The van der Waals surface area contributed by atoms with Crippen molar-refractivity contribution in [2.45, 2.75) is 28.9 Å². The molecule has 31 heavy (non-hydrogen) atoms. The van der Waals surface area contributed by atoms with Gasteiger partial charge in [-0.25, -0.2) is 19.3 Å². The predicted molar refractivity (Wildman–Crippen MR) is 117 cm³/mol. The van der Waals surface area contributed by atoms with Crippen molar-refractivity contribution in [3.63, 3.8) is 0 Å². The minimum absolute atomic E-state index is 0.00218. The number of nitrogens with one attached hydrogen (secondary N) is 2. The van der Waals surface area contributed by atoms with Crippen molar-refractivity contribution in [1.82, 2.24) is 19.5 Å². The number of anilines is 2. The number of thioether (sulfide) groups is 1. The van der Waals surface area contributed by atoms with Crippen molar-refractivity contribution < 1.29 is 17.9 Å². The third-order valence-electron chi connectivity index (χ3n) is 3.96. The molecule has 3 aromatic rings. The van der Waals surface area contributed by atoms with Gasteiger partial charge in [0.25, 0.3) is 10.0 Å². The first kappa shape index (κ1) is 23.3. The highest BCUT2D eigenvalue weighted by molar-refractivity contribution is 7.98. The van der Waals surface area contributed by atoms with Crippen LogP contribution in [0.1, 0.15) is 12.5 Å². The number of hydrogen-bond donors (Lipinski definition) is 3. The Labute approximate surface area is 188 Å². The topological polar surface area (TPSA) is 122 Å². The van der Waals surface area contributed by atoms with E-state index in [9.17, 15) is 17.9 Å². The molecule has 13 heteroatoms. The van der Waals surface area contributed by atoms with E-state index in [1.54, 1.807) is 26.1 Å². The van der Waals surface area contributed by atoms with Crippen LogP contribution in [-0.2, 0) is 22.8 Å². The Kier molecular flexibility index (Phi) is 7.36. The molecule has 0 radical (unpaired) electrons. The molecule has 3 rings (SSSR count). The number of hydrogen-bond acceptors (Lipinski definition) is 8. The van der Waals surface area contributed by atoms with Gasteiger partial charge in [-0.05, 0) is 18.6 Å². The van der Waals surface area contributed by atoms with Crippen molar-refractivity contribution >= 4 is 45.0 Å². The second kappa shape index (κ2) is 9.81. The average molecular weight is 487 g/mol. The van der Waals surface area contributed by atoms with E-state index < -0.39 is 15.8 Å². The standard InChI is InChI=1S/C18H20ClFN6O3S2/c1-11(8-27)22-14-6-15(25-31(28,29)16-7-26(2)10-21-16)24-18(23-14)30-9-12-4-3-5-13(19)17(12)20/h3-7,10-11,27H,8-9H2,1-2H3,(H2,22,23,24,25). The molecule has 0 spiro atoms. The summed E-state index contributed by atoms with van der Waals surface area (Å²) in [5, 5.41) is 12.3. The van der Waals surface area contributed by atoms with Crippen molar-refractivity contribution in [3.8, 4) is 0 Å². The Balaban J connectivity index is 1.88. The number of aliphatic hydroxyl groups is 1. The van der Waals surface area contributed by atoms with Gasteiger partial charge in [-0.3, -0.25) is 4.72 Å². The Morgan fingerprint density at radius 2 is 2.06 bits per heavy atom. The molecule has 0 saturated carbocycles. The highest BCUT2D eigenvalue weighted by Crippen LogP contribution is 2.27. The van der Waals surface area contributed by atoms with Crippen LogP contribution in [0.25, 0.3) is 0 Å². The van der Waals surface area contributed by atoms with Crippen molar-refractivity contribution in [1.29, 1.82) is 0 Å². The van der Waals surface area contributed by atoms with E-state index in [1.807, 2.05) is 0 Å². The summed E-state index contributed by atoms with van der Waals surface area (Å²) in [6.07, 6.45) is 2.72. The molecule has 0 aliphatic carbocycles. The lowest BCUT2D eigenvalue weighted by Gasteiger charge is -2.14. The molecular formula is C18H20ClFN6O3S2. The van der Waals surface area contributed by atoms with Gasteiger partial charge in [0, 0.05) is 31.1 Å². The summed E-state index contributed by atoms with van der Waals surface area (Å²) in [7, 11) is -2.32. The van der Waals surface area contributed by atoms with Crippen LogP contribution in [0.15, 0.2) is 47.0 Å². The highest BCUT2D eigenvalue weighted by atomic mass is 35.5. The Bertz CT molecular complexity index is 1170. The third kappa shape index (κ3) is 6.06. The molecule has 0 saturated heterocycles. The lowest BCUT2D eigenvalue weighted by Crippen LogP contribution is -2.21. The fraction of sp³-hybridized carbons (Fsp3) is 0.278. The minimum atomic E-state index is -3.98. The summed E-state index contributed by atoms with van der Waals surface area (Å²) in [5.41, 5.74) is 0.360. The van der Waals surface area contributed by atoms with E-state index in [0.29, 0.717) is 11.4 Å². The molecule has 0 bridgehead atoms. The smallest absolute Gasteiger partial charge is 0.282 e. The number of nitrogens with zero attached hydrogens (tertiary/aromatic N) is 4. The van der Waals surface area contributed by atoms with E-state index in [4.69, 9.17) is 11.6 Å². The largest absolute Gasteiger partial charge is 0.394 e. The average Bonchev–Trinajstić information content (AvgIpc) is 3.16. The second-order valence-corrected chi connectivity index (χ2v) is 9.61. The molecule has 0 fully saturated rings. The molecular weight excluding hydrogens is 467 g/mol. The predicted octanol–water partition coefficient (Wildman–Crippen LogP) is 2.89. The summed E-state index contributed by atoms with van der Waals surface area (Å²) in [4.78, 5) is 12.4. The number of aryl methyl sites for hydroxylation is 1. The van der Waals surface area contributed by atoms with Gasteiger partial charge in [-0.2, -0.15) is 8.42 Å². The first-order valence-electron chi connectivity index (χ1n) is 9.01. The molecule has 0 aliphatic heterocycles. The summed E-state index contributed by atoms with van der Waals surface area (Å²) >= 11 is 6.93. The molecule has 1 atom stereocenters. The van der Waals surface area contributed by atoms with E-state index >= 15 is 0 Å². The molecule has 1 aromatic carbocycles. The molecule has 166 valence electrons. The van der Waals surface area contributed by atoms with E-state index in [0.717, 1.165) is 11.8 Å². The van der Waals surface area contributed by atoms with Gasteiger partial charge in [0.05, 0.1) is 18.0 Å². The third-order valence-corrected chi connectivity index (χ3v) is 6.38. The zero-order valence-electron chi connectivity index (χ0n) is 16.6. The summed E-state index contributed by atoms with van der Waals surface area (Å²) in [5.74, 6) is -0.0553. The van der Waals surface area contributed by atoms with Crippen molar-refractivity contribution in [2.75, 3.05) is 16.6 Å². The summed E-state index contributed by atoms with van der Waals surface area (Å²) in [6.45, 7) is 1.57. The zero-order chi connectivity index (χ0) is 22.6. The van der Waals surface area contributed by atoms with Crippen LogP contribution in [0.4, 0.5) is 16.0 Å². The molecule has 3 N–H and O–H groups in total. The molecule has 0 aliphatic rings. The minimum Gasteiger partial charge on any atom is -0.394 e. The van der Waals surface area contributed by atoms with E-state index in [1.165, 1.54) is 29.2 Å². The van der Waals surface area contributed by atoms with Crippen molar-refractivity contribution in [2.24, 2.45) is 7.05 Å². The molecule has 1 unspecified atom stereocenters. The number of benzene rings is 1. The summed E-state index contributed by atoms with van der Waals surface area (Å²) < 4.78 is 43.2. The number of imidazole rings is 1. The molecule has 2 heterocycles. The van der Waals surface area contributed by atoms with Crippen LogP contribution < -0.4 is 10.0 Å². The van der Waals surface area contributed by atoms with Gasteiger partial charge in [0.1, 0.15) is 17.5 Å². The number of rotatable bonds is 9. The van der Waals surface area contributed by atoms with Crippen LogP contribution in [0.2, 0.25) is 5.02 Å². The number of aromatic nitrogens is 4. The lowest BCUT2D eigenvalue weighted by atomic mass is 10.2. The monoisotopic (exact) mass is 486 g/mol. The Morgan fingerprint density at radius 3 is 2.74 bits per heavy atom. The normalized spacial score (nSPS) is 12.5. The fourth-order valence-corrected chi connectivity index (χ4v) is 4.44. The molecule has 9 nitrogen and oxygen atoms in total. The van der Waals surface area contributed by atoms with Gasteiger partial charge in [0.15, 0.2) is 10.2 Å². The van der Waals surface area contributed by atoms with E-state index in [-0.39, 0.29) is 39.4 Å². The number of halogens is 2. The number of sulfonamides is 1. The molecule has 2 aromatic heterocycles. The molecule has 0 amide bonds. The fourth-order valence-electron chi connectivity index (χ4n) is 2.43. The van der Waals surface area contributed by atoms with Gasteiger partial charge >= 0.3 is 0 Å². The number of aliphatic hydroxyl groups excluding tert-OH is 1. The highest BCUT2D eigenvalue weighted by Gasteiger charge is 2.19. The van der Waals surface area contributed by atoms with Crippen LogP contribution in [0.3, 0.4) is 0 Å². The Hall–Kier alpha value is -2.41. The van der Waals surface area contributed by atoms with Crippen LogP contribution in [-0.4, -0.2) is 45.7 Å². The zero-order valence-corrected chi connectivity index (χ0v) is 19.0.